The molecule has 7 nitrogen and oxygen atoms in total. The van der Waals surface area contributed by atoms with Crippen LogP contribution in [0.25, 0.3) is 0 Å². The van der Waals surface area contributed by atoms with E-state index < -0.39 is 46.3 Å². The number of anilines is 1. The molecule has 4 rings (SSSR count). The molecule has 200 valence electrons. The molecule has 0 radical (unpaired) electrons. The lowest BCUT2D eigenvalue weighted by Gasteiger charge is -2.35. The number of ketones is 1. The standard InChI is InChI=1S/C28H27F3N2O5/c1-5-38-24(36)18-10-12-19(13-11-18)33-20-14-26(3,4)15-21(34)22(20)27(25(33)37,28(29,30)31)32-23(35)17-8-6-16(2)7-9-17/h6-13H,5,14-15H2,1-4H3,(H,32,35)/t27-/m1/s1. The van der Waals surface area contributed by atoms with Gasteiger partial charge in [-0.1, -0.05) is 31.5 Å². The molecule has 0 unspecified atom stereocenters. The third kappa shape index (κ3) is 4.48. The van der Waals surface area contributed by atoms with Crippen molar-refractivity contribution in [3.05, 3.63) is 76.5 Å². The van der Waals surface area contributed by atoms with E-state index in [1.807, 2.05) is 5.32 Å². The normalized spacial score (nSPS) is 20.9. The van der Waals surface area contributed by atoms with E-state index in [1.165, 1.54) is 36.4 Å². The third-order valence-corrected chi connectivity index (χ3v) is 6.70. The first kappa shape index (κ1) is 27.1. The fourth-order valence-corrected chi connectivity index (χ4v) is 4.93. The Kier molecular flexibility index (Phi) is 6.71. The number of hydrogen-bond acceptors (Lipinski definition) is 5. The minimum Gasteiger partial charge on any atom is -0.462 e. The van der Waals surface area contributed by atoms with Crippen LogP contribution in [0.15, 0.2) is 59.8 Å². The Morgan fingerprint density at radius 2 is 1.55 bits per heavy atom. The third-order valence-electron chi connectivity index (χ3n) is 6.70. The molecule has 1 heterocycles. The highest BCUT2D eigenvalue weighted by Crippen LogP contribution is 2.52. The average Bonchev–Trinajstić information content (AvgIpc) is 3.07. The lowest BCUT2D eigenvalue weighted by molar-refractivity contribution is -0.186. The van der Waals surface area contributed by atoms with Gasteiger partial charge in [0.1, 0.15) is 0 Å². The molecule has 2 amide bonds. The van der Waals surface area contributed by atoms with Crippen LogP contribution in [0.5, 0.6) is 0 Å². The van der Waals surface area contributed by atoms with Crippen molar-refractivity contribution in [2.75, 3.05) is 11.5 Å². The number of benzene rings is 2. The average molecular weight is 529 g/mol. The molecule has 0 saturated heterocycles. The summed E-state index contributed by atoms with van der Waals surface area (Å²) in [5.41, 5.74) is -4.33. The number of alkyl halides is 3. The Balaban J connectivity index is 1.87. The smallest absolute Gasteiger partial charge is 0.425 e. The number of nitrogens with one attached hydrogen (secondary N) is 1. The summed E-state index contributed by atoms with van der Waals surface area (Å²) in [7, 11) is 0. The maximum Gasteiger partial charge on any atom is 0.425 e. The van der Waals surface area contributed by atoms with Crippen molar-refractivity contribution in [2.45, 2.75) is 52.3 Å². The Labute approximate surface area is 217 Å². The summed E-state index contributed by atoms with van der Waals surface area (Å²) < 4.78 is 49.9. The number of ether oxygens (including phenoxy) is 1. The Bertz CT molecular complexity index is 1340. The van der Waals surface area contributed by atoms with Gasteiger partial charge in [0.25, 0.3) is 11.8 Å². The van der Waals surface area contributed by atoms with Crippen molar-refractivity contribution in [2.24, 2.45) is 5.41 Å². The van der Waals surface area contributed by atoms with Crippen molar-refractivity contribution in [1.29, 1.82) is 0 Å². The molecule has 1 atom stereocenters. The summed E-state index contributed by atoms with van der Waals surface area (Å²) in [4.78, 5) is 53.1. The molecule has 2 aromatic carbocycles. The van der Waals surface area contributed by atoms with Crippen LogP contribution in [0.4, 0.5) is 18.9 Å². The summed E-state index contributed by atoms with van der Waals surface area (Å²) in [5.74, 6) is -4.14. The summed E-state index contributed by atoms with van der Waals surface area (Å²) in [6.45, 7) is 6.96. The molecule has 0 aromatic heterocycles. The summed E-state index contributed by atoms with van der Waals surface area (Å²) in [6.07, 6.45) is -5.58. The van der Waals surface area contributed by atoms with Crippen LogP contribution in [-0.2, 0) is 14.3 Å². The van der Waals surface area contributed by atoms with Gasteiger partial charge in [-0.2, -0.15) is 13.2 Å². The highest BCUT2D eigenvalue weighted by atomic mass is 19.4. The summed E-state index contributed by atoms with van der Waals surface area (Å²) >= 11 is 0. The highest BCUT2D eigenvalue weighted by molar-refractivity contribution is 6.21. The number of hydrogen-bond donors (Lipinski definition) is 1. The second kappa shape index (κ2) is 9.41. The topological polar surface area (TPSA) is 92.8 Å². The van der Waals surface area contributed by atoms with Crippen LogP contribution in [0, 0.1) is 12.3 Å². The molecule has 1 aliphatic carbocycles. The number of carbonyl (C=O) groups excluding carboxylic acids is 4. The van der Waals surface area contributed by atoms with Gasteiger partial charge in [-0.25, -0.2) is 4.79 Å². The van der Waals surface area contributed by atoms with Crippen molar-refractivity contribution < 1.29 is 37.1 Å². The van der Waals surface area contributed by atoms with Gasteiger partial charge in [0.2, 0.25) is 5.54 Å². The number of aryl methyl sites for hydroxylation is 1. The maximum atomic E-state index is 15.0. The minimum absolute atomic E-state index is 0.0162. The molecule has 0 fully saturated rings. The number of halogens is 3. The van der Waals surface area contributed by atoms with Crippen molar-refractivity contribution in [3.63, 3.8) is 0 Å². The maximum absolute atomic E-state index is 15.0. The van der Waals surface area contributed by atoms with Gasteiger partial charge < -0.3 is 10.1 Å². The molecule has 2 aliphatic rings. The minimum atomic E-state index is -5.33. The fourth-order valence-electron chi connectivity index (χ4n) is 4.93. The molecule has 1 aliphatic heterocycles. The molecule has 0 saturated carbocycles. The molecular weight excluding hydrogens is 501 g/mol. The van der Waals surface area contributed by atoms with Gasteiger partial charge in [0, 0.05) is 23.4 Å². The SMILES string of the molecule is CCOC(=O)c1ccc(N2C(=O)[C@@](NC(=O)c3ccc(C)cc3)(C(F)(F)F)C3=C2CC(C)(C)CC3=O)cc1. The monoisotopic (exact) mass is 528 g/mol. The number of carbonyl (C=O) groups is 4. The zero-order chi connectivity index (χ0) is 28.0. The lowest BCUT2D eigenvalue weighted by atomic mass is 9.72. The van der Waals surface area contributed by atoms with E-state index in [-0.39, 0.29) is 42.0 Å². The Morgan fingerprint density at radius 1 is 0.974 bits per heavy atom. The van der Waals surface area contributed by atoms with Crippen LogP contribution < -0.4 is 10.2 Å². The van der Waals surface area contributed by atoms with E-state index in [1.54, 1.807) is 39.8 Å². The first-order valence-corrected chi connectivity index (χ1v) is 12.1. The number of amides is 2. The van der Waals surface area contributed by atoms with Crippen molar-refractivity contribution in [1.82, 2.24) is 5.32 Å². The molecule has 2 aromatic rings. The zero-order valence-electron chi connectivity index (χ0n) is 21.4. The van der Waals surface area contributed by atoms with Gasteiger partial charge in [0.15, 0.2) is 5.78 Å². The van der Waals surface area contributed by atoms with E-state index in [9.17, 15) is 32.3 Å². The molecule has 0 bridgehead atoms. The van der Waals surface area contributed by atoms with Crippen molar-refractivity contribution >= 4 is 29.3 Å². The predicted octanol–water partition coefficient (Wildman–Crippen LogP) is 4.89. The van der Waals surface area contributed by atoms with E-state index in [2.05, 4.69) is 0 Å². The van der Waals surface area contributed by atoms with Gasteiger partial charge in [0.05, 0.1) is 17.7 Å². The zero-order valence-corrected chi connectivity index (χ0v) is 21.4. The Hall–Kier alpha value is -3.95. The lowest BCUT2D eigenvalue weighted by Crippen LogP contribution is -2.66. The number of allylic oxidation sites excluding steroid dienone is 1. The van der Waals surface area contributed by atoms with Crippen LogP contribution in [0.2, 0.25) is 0 Å². The van der Waals surface area contributed by atoms with Gasteiger partial charge in [-0.3, -0.25) is 19.3 Å². The quantitative estimate of drug-likeness (QED) is 0.558. The van der Waals surface area contributed by atoms with Crippen LogP contribution >= 0.6 is 0 Å². The molecule has 1 N–H and O–H groups in total. The van der Waals surface area contributed by atoms with Gasteiger partial charge >= 0.3 is 12.1 Å². The second-order valence-corrected chi connectivity index (χ2v) is 10.2. The molecule has 38 heavy (non-hydrogen) atoms. The second-order valence-electron chi connectivity index (χ2n) is 10.2. The number of rotatable bonds is 5. The largest absolute Gasteiger partial charge is 0.462 e. The van der Waals surface area contributed by atoms with Crippen molar-refractivity contribution in [3.8, 4) is 0 Å². The van der Waals surface area contributed by atoms with Crippen LogP contribution in [-0.4, -0.2) is 41.9 Å². The van der Waals surface area contributed by atoms with E-state index in [0.29, 0.717) is 0 Å². The highest BCUT2D eigenvalue weighted by Gasteiger charge is 2.72. The first-order valence-electron chi connectivity index (χ1n) is 12.1. The van der Waals surface area contributed by atoms with Crippen LogP contribution in [0.1, 0.15) is 59.9 Å². The first-order chi connectivity index (χ1) is 17.7. The van der Waals surface area contributed by atoms with E-state index >= 15 is 0 Å². The van der Waals surface area contributed by atoms with E-state index in [4.69, 9.17) is 4.74 Å². The number of Topliss-reactive ketones (excluding diaryl/α,β-unsaturated/α-hetero) is 1. The number of esters is 1. The summed E-state index contributed by atoms with van der Waals surface area (Å²) in [5, 5.41) is 1.91. The fraction of sp³-hybridized carbons (Fsp3) is 0.357. The van der Waals surface area contributed by atoms with Gasteiger partial charge in [-0.15, -0.1) is 0 Å². The van der Waals surface area contributed by atoms with Gasteiger partial charge in [-0.05, 0) is 62.1 Å². The molecule has 10 heteroatoms. The van der Waals surface area contributed by atoms with E-state index in [0.717, 1.165) is 10.5 Å². The van der Waals surface area contributed by atoms with Crippen LogP contribution in [0.3, 0.4) is 0 Å². The molecular formula is C28H27F3N2O5. The summed E-state index contributed by atoms with van der Waals surface area (Å²) in [6, 6.07) is 11.1. The number of nitrogens with zero attached hydrogens (tertiary/aromatic N) is 1. The predicted molar refractivity (Wildman–Crippen MR) is 132 cm³/mol. The Morgan fingerprint density at radius 3 is 2.11 bits per heavy atom. The molecule has 0 spiro atoms.